The number of hydrogen-bond acceptors (Lipinski definition) is 2. The minimum Gasteiger partial charge on any atom is -0.252 e. The van der Waals surface area contributed by atoms with Gasteiger partial charge in [-0.05, 0) is 48.8 Å². The fourth-order valence-corrected chi connectivity index (χ4v) is 5.03. The van der Waals surface area contributed by atoms with Gasteiger partial charge in [0.2, 0.25) is 0 Å². The van der Waals surface area contributed by atoms with Gasteiger partial charge in [-0.3, -0.25) is 4.98 Å². The first-order valence-corrected chi connectivity index (χ1v) is 9.47. The highest BCUT2D eigenvalue weighted by Gasteiger charge is 2.20. The molecule has 0 radical (unpaired) electrons. The average molecular weight is 316 g/mol. The molecule has 0 bridgehead atoms. The van der Waals surface area contributed by atoms with Crippen LogP contribution < -0.4 is 0 Å². The molecular weight excluding hydrogens is 286 g/mol. The Morgan fingerprint density at radius 3 is 2.50 bits per heavy atom. The van der Waals surface area contributed by atoms with Gasteiger partial charge in [0.1, 0.15) is 0 Å². The van der Waals surface area contributed by atoms with E-state index in [1.165, 1.54) is 63.2 Å². The van der Waals surface area contributed by atoms with Crippen molar-refractivity contribution in [1.82, 2.24) is 4.98 Å². The minimum atomic E-state index is 0.553. The Labute approximate surface area is 139 Å². The molecule has 2 aromatic heterocycles. The number of hydrogen-bond donors (Lipinski definition) is 0. The highest BCUT2D eigenvalue weighted by molar-refractivity contribution is 7.19. The zero-order valence-electron chi connectivity index (χ0n) is 14.8. The maximum atomic E-state index is 5.02. The summed E-state index contributed by atoms with van der Waals surface area (Å²) in [4.78, 5) is 6.55. The molecule has 0 fully saturated rings. The number of nitrogens with zero attached hydrogens (tertiary/aromatic N) is 1. The summed E-state index contributed by atoms with van der Waals surface area (Å²) in [6, 6.07) is 0. The zero-order valence-corrected chi connectivity index (χ0v) is 15.6. The van der Waals surface area contributed by atoms with Gasteiger partial charge in [0.25, 0.3) is 0 Å². The lowest BCUT2D eigenvalue weighted by atomic mass is 9.90. The van der Waals surface area contributed by atoms with Crippen LogP contribution in [0.25, 0.3) is 16.3 Å². The standard InChI is InChI=1S/C20H29NS/c1-7-11-13(5)18-14(6)21-19-15(9-3)17(12-8-2)22-20(19)16(18)10-4/h10,13H,4,7-9,11-12H2,1-3,5-6H3. The molecule has 22 heavy (non-hydrogen) atoms. The lowest BCUT2D eigenvalue weighted by Crippen LogP contribution is -2.03. The first-order chi connectivity index (χ1) is 10.6. The van der Waals surface area contributed by atoms with Crippen molar-refractivity contribution in [3.05, 3.63) is 33.8 Å². The van der Waals surface area contributed by atoms with Crippen LogP contribution in [-0.4, -0.2) is 4.98 Å². The summed E-state index contributed by atoms with van der Waals surface area (Å²) in [7, 11) is 0. The van der Waals surface area contributed by atoms with Gasteiger partial charge in [-0.2, -0.15) is 0 Å². The topological polar surface area (TPSA) is 12.9 Å². The number of rotatable bonds is 7. The molecule has 0 aliphatic rings. The lowest BCUT2D eigenvalue weighted by Gasteiger charge is -2.17. The molecule has 0 amide bonds. The van der Waals surface area contributed by atoms with E-state index in [1.54, 1.807) is 0 Å². The monoisotopic (exact) mass is 315 g/mol. The molecule has 2 rings (SSSR count). The van der Waals surface area contributed by atoms with Gasteiger partial charge in [-0.1, -0.05) is 53.2 Å². The van der Waals surface area contributed by atoms with Gasteiger partial charge in [-0.25, -0.2) is 0 Å². The summed E-state index contributed by atoms with van der Waals surface area (Å²) in [6.07, 6.45) is 7.91. The van der Waals surface area contributed by atoms with Gasteiger partial charge in [0.15, 0.2) is 0 Å². The van der Waals surface area contributed by atoms with Crippen LogP contribution in [0.15, 0.2) is 6.58 Å². The molecular formula is C20H29NS. The molecule has 0 N–H and O–H groups in total. The van der Waals surface area contributed by atoms with Gasteiger partial charge >= 0.3 is 0 Å². The molecule has 2 heteroatoms. The quantitative estimate of drug-likeness (QED) is 0.556. The van der Waals surface area contributed by atoms with E-state index in [-0.39, 0.29) is 0 Å². The van der Waals surface area contributed by atoms with E-state index in [4.69, 9.17) is 4.98 Å². The summed E-state index contributed by atoms with van der Waals surface area (Å²) >= 11 is 1.95. The number of thiophene rings is 1. The Bertz CT molecular complexity index is 666. The third kappa shape index (κ3) is 2.99. The van der Waals surface area contributed by atoms with Crippen molar-refractivity contribution in [3.8, 4) is 0 Å². The van der Waals surface area contributed by atoms with Gasteiger partial charge < -0.3 is 0 Å². The van der Waals surface area contributed by atoms with E-state index < -0.39 is 0 Å². The van der Waals surface area contributed by atoms with Crippen molar-refractivity contribution in [1.29, 1.82) is 0 Å². The van der Waals surface area contributed by atoms with Crippen LogP contribution in [0.4, 0.5) is 0 Å². The second kappa shape index (κ2) is 7.41. The Balaban J connectivity index is 2.75. The predicted molar refractivity (Wildman–Crippen MR) is 101 cm³/mol. The van der Waals surface area contributed by atoms with Crippen LogP contribution in [0.2, 0.25) is 0 Å². The smallest absolute Gasteiger partial charge is 0.0853 e. The molecule has 0 aliphatic heterocycles. The summed E-state index contributed by atoms with van der Waals surface area (Å²) in [5, 5.41) is 0. The van der Waals surface area contributed by atoms with Crippen LogP contribution in [0, 0.1) is 6.92 Å². The maximum Gasteiger partial charge on any atom is 0.0853 e. The van der Waals surface area contributed by atoms with Crippen molar-refractivity contribution in [2.75, 3.05) is 0 Å². The molecule has 1 atom stereocenters. The minimum absolute atomic E-state index is 0.553. The summed E-state index contributed by atoms with van der Waals surface area (Å²) in [5.74, 6) is 0.553. The average Bonchev–Trinajstić information content (AvgIpc) is 2.83. The maximum absolute atomic E-state index is 5.02. The Hall–Kier alpha value is -1.15. The van der Waals surface area contributed by atoms with Crippen molar-refractivity contribution in [2.45, 2.75) is 72.6 Å². The van der Waals surface area contributed by atoms with Crippen molar-refractivity contribution >= 4 is 27.6 Å². The first-order valence-electron chi connectivity index (χ1n) is 8.66. The largest absolute Gasteiger partial charge is 0.252 e. The first kappa shape index (κ1) is 17.2. The van der Waals surface area contributed by atoms with Crippen LogP contribution in [0.3, 0.4) is 0 Å². The van der Waals surface area contributed by atoms with Gasteiger partial charge in [0, 0.05) is 10.6 Å². The summed E-state index contributed by atoms with van der Waals surface area (Å²) < 4.78 is 1.36. The molecule has 0 aliphatic carbocycles. The normalized spacial score (nSPS) is 12.8. The molecule has 1 unspecified atom stereocenters. The van der Waals surface area contributed by atoms with E-state index in [1.807, 2.05) is 11.3 Å². The number of aryl methyl sites for hydroxylation is 3. The molecule has 0 saturated carbocycles. The molecule has 0 aromatic carbocycles. The Morgan fingerprint density at radius 2 is 1.95 bits per heavy atom. The van der Waals surface area contributed by atoms with Gasteiger partial charge in [0.05, 0.1) is 10.2 Å². The third-order valence-electron chi connectivity index (χ3n) is 4.52. The molecule has 2 aromatic rings. The van der Waals surface area contributed by atoms with Crippen LogP contribution in [-0.2, 0) is 12.8 Å². The molecule has 120 valence electrons. The van der Waals surface area contributed by atoms with Crippen molar-refractivity contribution in [3.63, 3.8) is 0 Å². The zero-order chi connectivity index (χ0) is 16.3. The molecule has 2 heterocycles. The highest BCUT2D eigenvalue weighted by atomic mass is 32.1. The fraction of sp³-hybridized carbons (Fsp3) is 0.550. The van der Waals surface area contributed by atoms with Crippen LogP contribution >= 0.6 is 11.3 Å². The fourth-order valence-electron chi connectivity index (χ4n) is 3.54. The van der Waals surface area contributed by atoms with E-state index in [2.05, 4.69) is 47.3 Å². The van der Waals surface area contributed by atoms with E-state index in [0.717, 1.165) is 6.42 Å². The summed E-state index contributed by atoms with van der Waals surface area (Å²) in [6.45, 7) is 15.4. The Kier molecular flexibility index (Phi) is 5.80. The van der Waals surface area contributed by atoms with E-state index in [0.29, 0.717) is 5.92 Å². The number of pyridine rings is 1. The second-order valence-corrected chi connectivity index (χ2v) is 7.31. The van der Waals surface area contributed by atoms with E-state index in [9.17, 15) is 0 Å². The predicted octanol–water partition coefficient (Wildman–Crippen LogP) is 6.67. The van der Waals surface area contributed by atoms with Crippen molar-refractivity contribution < 1.29 is 0 Å². The number of fused-ring (bicyclic) bond motifs is 1. The van der Waals surface area contributed by atoms with Crippen LogP contribution in [0.5, 0.6) is 0 Å². The Morgan fingerprint density at radius 1 is 1.23 bits per heavy atom. The lowest BCUT2D eigenvalue weighted by molar-refractivity contribution is 0.658. The SMILES string of the molecule is C=Cc1c(C(C)CCC)c(C)nc2c(CC)c(CCC)sc12. The summed E-state index contributed by atoms with van der Waals surface area (Å²) in [5.41, 5.74) is 6.64. The van der Waals surface area contributed by atoms with Gasteiger partial charge in [-0.15, -0.1) is 11.3 Å². The highest BCUT2D eigenvalue weighted by Crippen LogP contribution is 2.39. The third-order valence-corrected chi connectivity index (χ3v) is 5.83. The van der Waals surface area contributed by atoms with E-state index >= 15 is 0 Å². The molecule has 1 nitrogen and oxygen atoms in total. The molecule has 0 saturated heterocycles. The van der Waals surface area contributed by atoms with Crippen molar-refractivity contribution in [2.24, 2.45) is 0 Å². The number of aromatic nitrogens is 1. The van der Waals surface area contributed by atoms with Crippen LogP contribution in [0.1, 0.15) is 80.1 Å². The molecule has 0 spiro atoms. The second-order valence-electron chi connectivity index (χ2n) is 6.20.